The summed E-state index contributed by atoms with van der Waals surface area (Å²) in [6.45, 7) is 0.639. The summed E-state index contributed by atoms with van der Waals surface area (Å²) in [5, 5.41) is 8.14. The molecule has 6 nitrogen and oxygen atoms in total. The molecule has 3 rings (SSSR count). The Labute approximate surface area is 131 Å². The van der Waals surface area contributed by atoms with Gasteiger partial charge >= 0.3 is 0 Å². The summed E-state index contributed by atoms with van der Waals surface area (Å²) < 4.78 is 7.38. The molecule has 1 fully saturated rings. The van der Waals surface area contributed by atoms with E-state index in [1.165, 1.54) is 18.4 Å². The van der Waals surface area contributed by atoms with Crippen molar-refractivity contribution in [3.05, 3.63) is 23.8 Å². The standard InChI is InChI=1S/C16H24N4O2/c1-19-11-17-18-16(19)14-9-13(22-2)10-20(14)15(21)8-12-6-4-3-5-7-12/h6,11,13-14H,3-5,7-10H2,1-2H3/t13-,14+/m1/s1. The van der Waals surface area contributed by atoms with Crippen LogP contribution in [0.15, 0.2) is 18.0 Å². The second-order valence-electron chi connectivity index (χ2n) is 6.24. The summed E-state index contributed by atoms with van der Waals surface area (Å²) >= 11 is 0. The van der Waals surface area contributed by atoms with Crippen LogP contribution in [0.2, 0.25) is 0 Å². The zero-order valence-corrected chi connectivity index (χ0v) is 13.4. The van der Waals surface area contributed by atoms with Crippen molar-refractivity contribution in [3.8, 4) is 0 Å². The first-order valence-corrected chi connectivity index (χ1v) is 8.03. The van der Waals surface area contributed by atoms with E-state index in [-0.39, 0.29) is 18.1 Å². The van der Waals surface area contributed by atoms with Gasteiger partial charge in [0.2, 0.25) is 5.91 Å². The van der Waals surface area contributed by atoms with Crippen LogP contribution in [0.1, 0.15) is 50.4 Å². The first-order chi connectivity index (χ1) is 10.7. The van der Waals surface area contributed by atoms with Crippen molar-refractivity contribution in [3.63, 3.8) is 0 Å². The maximum Gasteiger partial charge on any atom is 0.227 e. The first-order valence-electron chi connectivity index (χ1n) is 8.03. The van der Waals surface area contributed by atoms with Gasteiger partial charge in [-0.05, 0) is 25.7 Å². The van der Waals surface area contributed by atoms with Gasteiger partial charge in [-0.3, -0.25) is 4.79 Å². The molecule has 1 saturated heterocycles. The average Bonchev–Trinajstić information content (AvgIpc) is 3.13. The van der Waals surface area contributed by atoms with Gasteiger partial charge in [0.15, 0.2) is 5.82 Å². The molecule has 1 amide bonds. The SMILES string of the molecule is CO[C@@H]1C[C@@H](c2nncn2C)N(C(=O)CC2=CCCCC2)C1. The molecular formula is C16H24N4O2. The highest BCUT2D eigenvalue weighted by Gasteiger charge is 2.38. The van der Waals surface area contributed by atoms with E-state index in [9.17, 15) is 4.79 Å². The topological polar surface area (TPSA) is 60.3 Å². The van der Waals surface area contributed by atoms with Crippen LogP contribution in [0.3, 0.4) is 0 Å². The Hall–Kier alpha value is -1.69. The van der Waals surface area contributed by atoms with Gasteiger partial charge < -0.3 is 14.2 Å². The van der Waals surface area contributed by atoms with E-state index in [2.05, 4.69) is 16.3 Å². The zero-order chi connectivity index (χ0) is 15.5. The van der Waals surface area contributed by atoms with E-state index >= 15 is 0 Å². The van der Waals surface area contributed by atoms with E-state index in [4.69, 9.17) is 4.74 Å². The third-order valence-electron chi connectivity index (χ3n) is 4.72. The van der Waals surface area contributed by atoms with E-state index in [1.807, 2.05) is 16.5 Å². The highest BCUT2D eigenvalue weighted by Crippen LogP contribution is 2.33. The lowest BCUT2D eigenvalue weighted by molar-refractivity contribution is -0.132. The van der Waals surface area contributed by atoms with Crippen LogP contribution in [0.25, 0.3) is 0 Å². The minimum absolute atomic E-state index is 0.0332. The molecule has 0 unspecified atom stereocenters. The van der Waals surface area contributed by atoms with Crippen molar-refractivity contribution < 1.29 is 9.53 Å². The Morgan fingerprint density at radius 3 is 2.95 bits per heavy atom. The number of hydrogen-bond acceptors (Lipinski definition) is 4. The summed E-state index contributed by atoms with van der Waals surface area (Å²) in [5.74, 6) is 1.02. The van der Waals surface area contributed by atoms with Gasteiger partial charge in [-0.2, -0.15) is 0 Å². The van der Waals surface area contributed by atoms with Crippen LogP contribution in [-0.4, -0.2) is 45.3 Å². The van der Waals surface area contributed by atoms with Crippen LogP contribution in [0.5, 0.6) is 0 Å². The second-order valence-corrected chi connectivity index (χ2v) is 6.24. The monoisotopic (exact) mass is 304 g/mol. The number of methoxy groups -OCH3 is 1. The molecule has 22 heavy (non-hydrogen) atoms. The predicted molar refractivity (Wildman–Crippen MR) is 82.0 cm³/mol. The second kappa shape index (κ2) is 6.60. The quantitative estimate of drug-likeness (QED) is 0.798. The maximum atomic E-state index is 12.8. The van der Waals surface area contributed by atoms with Crippen LogP contribution >= 0.6 is 0 Å². The number of amides is 1. The molecule has 1 aliphatic heterocycles. The number of carbonyl (C=O) groups is 1. The summed E-state index contributed by atoms with van der Waals surface area (Å²) in [7, 11) is 3.62. The van der Waals surface area contributed by atoms with Crippen molar-refractivity contribution in [2.24, 2.45) is 7.05 Å². The number of aryl methyl sites for hydroxylation is 1. The number of likely N-dealkylation sites (tertiary alicyclic amines) is 1. The van der Waals surface area contributed by atoms with Crippen LogP contribution < -0.4 is 0 Å². The van der Waals surface area contributed by atoms with Gasteiger partial charge in [0.25, 0.3) is 0 Å². The Bertz CT molecular complexity index is 566. The molecule has 0 bridgehead atoms. The smallest absolute Gasteiger partial charge is 0.227 e. The van der Waals surface area contributed by atoms with Crippen molar-refractivity contribution >= 4 is 5.91 Å². The van der Waals surface area contributed by atoms with Gasteiger partial charge in [-0.1, -0.05) is 11.6 Å². The molecule has 6 heteroatoms. The summed E-state index contributed by atoms with van der Waals surface area (Å²) in [5.41, 5.74) is 1.29. The summed E-state index contributed by atoms with van der Waals surface area (Å²) in [6, 6.07) is -0.0332. The van der Waals surface area contributed by atoms with Crippen molar-refractivity contribution in [2.45, 2.75) is 50.7 Å². The van der Waals surface area contributed by atoms with Gasteiger partial charge in [0, 0.05) is 33.5 Å². The minimum Gasteiger partial charge on any atom is -0.380 e. The fourth-order valence-corrected chi connectivity index (χ4v) is 3.44. The molecule has 0 radical (unpaired) electrons. The molecule has 2 aliphatic rings. The highest BCUT2D eigenvalue weighted by molar-refractivity contribution is 5.79. The Kier molecular flexibility index (Phi) is 4.57. The Morgan fingerprint density at radius 1 is 1.45 bits per heavy atom. The van der Waals surface area contributed by atoms with Crippen molar-refractivity contribution in [1.82, 2.24) is 19.7 Å². The summed E-state index contributed by atoms with van der Waals surface area (Å²) in [4.78, 5) is 14.7. The molecule has 1 aromatic heterocycles. The van der Waals surface area contributed by atoms with E-state index < -0.39 is 0 Å². The molecule has 2 atom stereocenters. The number of aromatic nitrogens is 3. The highest BCUT2D eigenvalue weighted by atomic mass is 16.5. The number of carbonyl (C=O) groups excluding carboxylic acids is 1. The van der Waals surface area contributed by atoms with Gasteiger partial charge in [0.05, 0.1) is 12.1 Å². The van der Waals surface area contributed by atoms with Gasteiger partial charge in [-0.25, -0.2) is 0 Å². The maximum absolute atomic E-state index is 12.8. The number of nitrogens with zero attached hydrogens (tertiary/aromatic N) is 4. The molecule has 0 aromatic carbocycles. The fraction of sp³-hybridized carbons (Fsp3) is 0.688. The third-order valence-corrected chi connectivity index (χ3v) is 4.72. The predicted octanol–water partition coefficient (Wildman–Crippen LogP) is 1.99. The number of allylic oxidation sites excluding steroid dienone is 1. The number of rotatable bonds is 4. The molecule has 0 spiro atoms. The molecule has 0 N–H and O–H groups in total. The van der Waals surface area contributed by atoms with E-state index in [1.54, 1.807) is 13.4 Å². The minimum atomic E-state index is -0.0332. The van der Waals surface area contributed by atoms with Crippen LogP contribution in [0.4, 0.5) is 0 Å². The molecule has 2 heterocycles. The molecular weight excluding hydrogens is 280 g/mol. The van der Waals surface area contributed by atoms with E-state index in [0.29, 0.717) is 13.0 Å². The first kappa shape index (κ1) is 15.2. The normalized spacial score (nSPS) is 25.4. The average molecular weight is 304 g/mol. The zero-order valence-electron chi connectivity index (χ0n) is 13.4. The Morgan fingerprint density at radius 2 is 2.32 bits per heavy atom. The molecule has 120 valence electrons. The van der Waals surface area contributed by atoms with Crippen molar-refractivity contribution in [1.29, 1.82) is 0 Å². The van der Waals surface area contributed by atoms with E-state index in [0.717, 1.165) is 25.1 Å². The van der Waals surface area contributed by atoms with Gasteiger partial charge in [0.1, 0.15) is 6.33 Å². The fourth-order valence-electron chi connectivity index (χ4n) is 3.44. The van der Waals surface area contributed by atoms with Crippen LogP contribution in [0, 0.1) is 0 Å². The molecule has 0 saturated carbocycles. The van der Waals surface area contributed by atoms with Crippen molar-refractivity contribution in [2.75, 3.05) is 13.7 Å². The van der Waals surface area contributed by atoms with Gasteiger partial charge in [-0.15, -0.1) is 10.2 Å². The lowest BCUT2D eigenvalue weighted by Gasteiger charge is -2.24. The number of ether oxygens (including phenoxy) is 1. The molecule has 1 aromatic rings. The number of hydrogen-bond donors (Lipinski definition) is 0. The molecule has 1 aliphatic carbocycles. The summed E-state index contributed by atoms with van der Waals surface area (Å²) in [6.07, 6.45) is 9.92. The lowest BCUT2D eigenvalue weighted by atomic mass is 9.97. The largest absolute Gasteiger partial charge is 0.380 e. The van der Waals surface area contributed by atoms with Crippen LogP contribution in [-0.2, 0) is 16.6 Å². The lowest BCUT2D eigenvalue weighted by Crippen LogP contribution is -2.33. The Balaban J connectivity index is 1.75. The third kappa shape index (κ3) is 3.06.